The first-order chi connectivity index (χ1) is 17.3. The van der Waals surface area contributed by atoms with Crippen LogP contribution in [-0.2, 0) is 14.8 Å². The van der Waals surface area contributed by atoms with Gasteiger partial charge in [-0.3, -0.25) is 4.79 Å². The van der Waals surface area contributed by atoms with Gasteiger partial charge in [-0.1, -0.05) is 29.8 Å². The topological polar surface area (TPSA) is 84.9 Å². The monoisotopic (exact) mass is 528 g/mol. The Kier molecular flexibility index (Phi) is 8.18. The number of carbonyl (C=O) groups is 1. The van der Waals surface area contributed by atoms with Gasteiger partial charge in [0.1, 0.15) is 11.5 Å². The SMILES string of the molecule is CCOc1ccc(S(=O)(=O)N2CCC[C@H](C(=O)Nc3cc(Cl)ccc3Oc3ccccc3)C2)cc1C. The smallest absolute Gasteiger partial charge is 0.243 e. The fourth-order valence-electron chi connectivity index (χ4n) is 4.16. The quantitative estimate of drug-likeness (QED) is 0.394. The van der Waals surface area contributed by atoms with Crippen LogP contribution in [0.25, 0.3) is 0 Å². The van der Waals surface area contributed by atoms with Crippen molar-refractivity contribution in [2.75, 3.05) is 25.0 Å². The third-order valence-electron chi connectivity index (χ3n) is 6.01. The molecule has 0 saturated carbocycles. The Morgan fingerprint density at radius 1 is 1.08 bits per heavy atom. The van der Waals surface area contributed by atoms with Crippen molar-refractivity contribution in [3.05, 3.63) is 77.3 Å². The van der Waals surface area contributed by atoms with Crippen LogP contribution >= 0.6 is 11.6 Å². The number of amides is 1. The van der Waals surface area contributed by atoms with Crippen LogP contribution in [0.5, 0.6) is 17.2 Å². The maximum absolute atomic E-state index is 13.4. The molecule has 1 aliphatic heterocycles. The lowest BCUT2D eigenvalue weighted by atomic mass is 9.98. The molecule has 4 rings (SSSR count). The number of aryl methyl sites for hydroxylation is 1. The van der Waals surface area contributed by atoms with Crippen molar-refractivity contribution in [1.82, 2.24) is 4.31 Å². The van der Waals surface area contributed by atoms with E-state index in [-0.39, 0.29) is 17.3 Å². The van der Waals surface area contributed by atoms with E-state index in [1.807, 2.05) is 44.2 Å². The van der Waals surface area contributed by atoms with E-state index in [2.05, 4.69) is 5.32 Å². The fourth-order valence-corrected chi connectivity index (χ4v) is 5.94. The summed E-state index contributed by atoms with van der Waals surface area (Å²) < 4.78 is 39.6. The largest absolute Gasteiger partial charge is 0.494 e. The van der Waals surface area contributed by atoms with Gasteiger partial charge in [0.05, 0.1) is 23.1 Å². The molecule has 1 heterocycles. The second-order valence-corrected chi connectivity index (χ2v) is 11.0. The fraction of sp³-hybridized carbons (Fsp3) is 0.296. The Balaban J connectivity index is 1.49. The molecule has 1 amide bonds. The number of halogens is 1. The molecular weight excluding hydrogens is 500 g/mol. The van der Waals surface area contributed by atoms with Gasteiger partial charge in [-0.15, -0.1) is 0 Å². The average molecular weight is 529 g/mol. The normalized spacial score (nSPS) is 16.4. The maximum Gasteiger partial charge on any atom is 0.243 e. The number of hydrogen-bond acceptors (Lipinski definition) is 5. The third kappa shape index (κ3) is 6.00. The third-order valence-corrected chi connectivity index (χ3v) is 8.11. The first-order valence-electron chi connectivity index (χ1n) is 11.8. The molecular formula is C27H29ClN2O5S. The number of ether oxygens (including phenoxy) is 2. The van der Waals surface area contributed by atoms with Crippen molar-refractivity contribution in [2.24, 2.45) is 5.92 Å². The highest BCUT2D eigenvalue weighted by molar-refractivity contribution is 7.89. The lowest BCUT2D eigenvalue weighted by Gasteiger charge is -2.31. The molecule has 7 nitrogen and oxygen atoms in total. The van der Waals surface area contributed by atoms with Crippen LogP contribution in [0.3, 0.4) is 0 Å². The number of piperidine rings is 1. The minimum absolute atomic E-state index is 0.0931. The predicted molar refractivity (Wildman–Crippen MR) is 140 cm³/mol. The number of carbonyl (C=O) groups excluding carboxylic acids is 1. The van der Waals surface area contributed by atoms with Crippen LogP contribution < -0.4 is 14.8 Å². The van der Waals surface area contributed by atoms with Gasteiger partial charge in [-0.25, -0.2) is 8.42 Å². The van der Waals surface area contributed by atoms with Crippen molar-refractivity contribution in [1.29, 1.82) is 0 Å². The van der Waals surface area contributed by atoms with E-state index in [0.29, 0.717) is 54.0 Å². The molecule has 3 aromatic rings. The van der Waals surface area contributed by atoms with Gasteiger partial charge in [0.15, 0.2) is 5.75 Å². The van der Waals surface area contributed by atoms with Crippen LogP contribution in [0.2, 0.25) is 5.02 Å². The zero-order valence-electron chi connectivity index (χ0n) is 20.2. The lowest BCUT2D eigenvalue weighted by Crippen LogP contribution is -2.43. The van der Waals surface area contributed by atoms with E-state index in [0.717, 1.165) is 5.56 Å². The summed E-state index contributed by atoms with van der Waals surface area (Å²) in [5, 5.41) is 3.35. The molecule has 0 unspecified atom stereocenters. The van der Waals surface area contributed by atoms with Crippen LogP contribution in [0, 0.1) is 12.8 Å². The highest BCUT2D eigenvalue weighted by atomic mass is 35.5. The highest BCUT2D eigenvalue weighted by Crippen LogP contribution is 2.33. The van der Waals surface area contributed by atoms with E-state index >= 15 is 0 Å². The second-order valence-electron chi connectivity index (χ2n) is 8.61. The molecule has 0 aliphatic carbocycles. The van der Waals surface area contributed by atoms with Gasteiger partial charge in [0, 0.05) is 18.1 Å². The van der Waals surface area contributed by atoms with Gasteiger partial charge in [-0.05, 0) is 80.8 Å². The van der Waals surface area contributed by atoms with E-state index in [4.69, 9.17) is 21.1 Å². The Morgan fingerprint density at radius 2 is 1.83 bits per heavy atom. The van der Waals surface area contributed by atoms with Gasteiger partial charge in [0.25, 0.3) is 0 Å². The summed E-state index contributed by atoms with van der Waals surface area (Å²) in [5.74, 6) is 0.932. The number of para-hydroxylation sites is 1. The number of nitrogens with one attached hydrogen (secondary N) is 1. The minimum Gasteiger partial charge on any atom is -0.494 e. The summed E-state index contributed by atoms with van der Waals surface area (Å²) in [5.41, 5.74) is 1.18. The number of hydrogen-bond donors (Lipinski definition) is 1. The van der Waals surface area contributed by atoms with E-state index in [1.54, 1.807) is 36.4 Å². The summed E-state index contributed by atoms with van der Waals surface area (Å²) >= 11 is 6.18. The number of anilines is 1. The molecule has 0 radical (unpaired) electrons. The second kappa shape index (κ2) is 11.3. The van der Waals surface area contributed by atoms with Gasteiger partial charge >= 0.3 is 0 Å². The molecule has 0 aromatic heterocycles. The van der Waals surface area contributed by atoms with Crippen molar-refractivity contribution in [3.63, 3.8) is 0 Å². The van der Waals surface area contributed by atoms with E-state index < -0.39 is 15.9 Å². The summed E-state index contributed by atoms with van der Waals surface area (Å²) in [6.45, 7) is 4.65. The molecule has 0 spiro atoms. The molecule has 1 aliphatic rings. The maximum atomic E-state index is 13.4. The summed E-state index contributed by atoms with van der Waals surface area (Å²) in [4.78, 5) is 13.4. The molecule has 190 valence electrons. The molecule has 36 heavy (non-hydrogen) atoms. The van der Waals surface area contributed by atoms with Crippen molar-refractivity contribution in [3.8, 4) is 17.2 Å². The van der Waals surface area contributed by atoms with Crippen molar-refractivity contribution < 1.29 is 22.7 Å². The van der Waals surface area contributed by atoms with E-state index in [1.165, 1.54) is 4.31 Å². The van der Waals surface area contributed by atoms with Gasteiger partial charge < -0.3 is 14.8 Å². The summed E-state index contributed by atoms with van der Waals surface area (Å²) in [7, 11) is -3.76. The molecule has 1 N–H and O–H groups in total. The van der Waals surface area contributed by atoms with Crippen molar-refractivity contribution >= 4 is 33.2 Å². The minimum atomic E-state index is -3.76. The van der Waals surface area contributed by atoms with Crippen molar-refractivity contribution in [2.45, 2.75) is 31.6 Å². The van der Waals surface area contributed by atoms with Crippen LogP contribution in [0.15, 0.2) is 71.6 Å². The Labute approximate surface area is 217 Å². The lowest BCUT2D eigenvalue weighted by molar-refractivity contribution is -0.120. The number of benzene rings is 3. The Morgan fingerprint density at radius 3 is 2.56 bits per heavy atom. The van der Waals surface area contributed by atoms with Crippen LogP contribution in [0.4, 0.5) is 5.69 Å². The molecule has 1 fully saturated rings. The standard InChI is InChI=1S/C27H29ClN2O5S/c1-3-34-25-14-12-23(16-19(25)2)36(32,33)30-15-7-8-20(18-30)27(31)29-24-17-21(28)11-13-26(24)35-22-9-5-4-6-10-22/h4-6,9-14,16-17,20H,3,7-8,15,18H2,1-2H3,(H,29,31)/t20-/m0/s1. The van der Waals surface area contributed by atoms with Gasteiger partial charge in [-0.2, -0.15) is 4.31 Å². The van der Waals surface area contributed by atoms with Gasteiger partial charge in [0.2, 0.25) is 15.9 Å². The zero-order chi connectivity index (χ0) is 25.7. The Hall–Kier alpha value is -3.07. The zero-order valence-corrected chi connectivity index (χ0v) is 21.8. The molecule has 1 atom stereocenters. The molecule has 1 saturated heterocycles. The molecule has 3 aromatic carbocycles. The highest BCUT2D eigenvalue weighted by Gasteiger charge is 2.34. The summed E-state index contributed by atoms with van der Waals surface area (Å²) in [6, 6.07) is 19.1. The molecule has 0 bridgehead atoms. The van der Waals surface area contributed by atoms with E-state index in [9.17, 15) is 13.2 Å². The number of nitrogens with zero attached hydrogens (tertiary/aromatic N) is 1. The number of rotatable bonds is 8. The number of sulfonamides is 1. The van der Waals surface area contributed by atoms with Crippen LogP contribution in [-0.4, -0.2) is 38.3 Å². The van der Waals surface area contributed by atoms with Crippen LogP contribution in [0.1, 0.15) is 25.3 Å². The predicted octanol–water partition coefficient (Wildman–Crippen LogP) is 5.88. The molecule has 9 heteroatoms. The first kappa shape index (κ1) is 26.0. The average Bonchev–Trinajstić information content (AvgIpc) is 2.87. The first-order valence-corrected chi connectivity index (χ1v) is 13.7. The summed E-state index contributed by atoms with van der Waals surface area (Å²) in [6.07, 6.45) is 1.16. The Bertz CT molecular complexity index is 1330.